The largest absolute Gasteiger partial charge is 0.490 e. The number of rotatable bonds is 11. The summed E-state index contributed by atoms with van der Waals surface area (Å²) in [5, 5.41) is 2.55. The molecule has 0 saturated carbocycles. The zero-order valence-corrected chi connectivity index (χ0v) is 19.4. The highest BCUT2D eigenvalue weighted by atomic mass is 79.9. The van der Waals surface area contributed by atoms with Crippen molar-refractivity contribution in [1.82, 2.24) is 0 Å². The maximum Gasteiger partial charge on any atom is 0.184 e. The second kappa shape index (κ2) is 11.4. The van der Waals surface area contributed by atoms with Gasteiger partial charge in [0.25, 0.3) is 0 Å². The summed E-state index contributed by atoms with van der Waals surface area (Å²) >= 11 is 16.4. The molecular formula is C22H29BrCl2O2. The van der Waals surface area contributed by atoms with E-state index in [1.165, 1.54) is 19.3 Å². The van der Waals surface area contributed by atoms with E-state index in [-0.39, 0.29) is 10.9 Å². The molecule has 27 heavy (non-hydrogen) atoms. The molecule has 2 aromatic rings. The first-order chi connectivity index (χ1) is 13.0. The smallest absolute Gasteiger partial charge is 0.184 e. The van der Waals surface area contributed by atoms with Gasteiger partial charge in [-0.25, -0.2) is 0 Å². The highest BCUT2D eigenvalue weighted by Gasteiger charge is 2.18. The quantitative estimate of drug-likeness (QED) is 0.240. The molecule has 2 nitrogen and oxygen atoms in total. The molecule has 2 rings (SSSR count). The third kappa shape index (κ3) is 6.44. The van der Waals surface area contributed by atoms with Gasteiger partial charge in [-0.05, 0) is 55.3 Å². The van der Waals surface area contributed by atoms with Crippen LogP contribution >= 0.6 is 39.1 Å². The molecule has 3 unspecified atom stereocenters. The van der Waals surface area contributed by atoms with Gasteiger partial charge in [0.05, 0.1) is 16.0 Å². The summed E-state index contributed by atoms with van der Waals surface area (Å²) in [6, 6.07) is 9.90. The van der Waals surface area contributed by atoms with Crippen LogP contribution in [0.15, 0.2) is 30.3 Å². The molecule has 2 aromatic carbocycles. The lowest BCUT2D eigenvalue weighted by Gasteiger charge is -2.19. The maximum absolute atomic E-state index is 6.56. The van der Waals surface area contributed by atoms with E-state index < -0.39 is 5.56 Å². The Labute approximate surface area is 181 Å². The number of hydrogen-bond donors (Lipinski definition) is 0. The van der Waals surface area contributed by atoms with Crippen molar-refractivity contribution in [3.8, 4) is 11.5 Å². The van der Waals surface area contributed by atoms with Crippen molar-refractivity contribution in [3.05, 3.63) is 35.4 Å². The van der Waals surface area contributed by atoms with Gasteiger partial charge >= 0.3 is 0 Å². The van der Waals surface area contributed by atoms with Crippen LogP contribution in [-0.4, -0.2) is 16.5 Å². The monoisotopic (exact) mass is 474 g/mol. The Balaban J connectivity index is 2.14. The molecular weight excluding hydrogens is 447 g/mol. The topological polar surface area (TPSA) is 18.5 Å². The van der Waals surface area contributed by atoms with Gasteiger partial charge in [-0.1, -0.05) is 78.8 Å². The molecule has 3 atom stereocenters. The third-order valence-corrected chi connectivity index (χ3v) is 6.91. The Morgan fingerprint density at radius 1 is 1.00 bits per heavy atom. The number of halogens is 3. The number of benzene rings is 2. The Hall–Kier alpha value is -0.640. The van der Waals surface area contributed by atoms with E-state index in [1.807, 2.05) is 37.3 Å². The lowest BCUT2D eigenvalue weighted by Crippen LogP contribution is -2.20. The molecule has 0 bridgehead atoms. The molecule has 150 valence electrons. The molecule has 0 aliphatic heterocycles. The van der Waals surface area contributed by atoms with Crippen LogP contribution in [0.3, 0.4) is 0 Å². The second-order valence-electron chi connectivity index (χ2n) is 6.80. The summed E-state index contributed by atoms with van der Waals surface area (Å²) < 4.78 is 12.0. The van der Waals surface area contributed by atoms with Gasteiger partial charge in [-0.3, -0.25) is 0 Å². The first-order valence-corrected chi connectivity index (χ1v) is 11.6. The number of fused-ring (bicyclic) bond motifs is 1. The summed E-state index contributed by atoms with van der Waals surface area (Å²) in [6.45, 7) is 6.45. The molecule has 0 fully saturated rings. The summed E-state index contributed by atoms with van der Waals surface area (Å²) in [5.41, 5.74) is -0.471. The minimum absolute atomic E-state index is 0.0698. The molecule has 0 spiro atoms. The van der Waals surface area contributed by atoms with E-state index in [2.05, 4.69) is 29.8 Å². The summed E-state index contributed by atoms with van der Waals surface area (Å²) in [6.07, 6.45) is 6.93. The van der Waals surface area contributed by atoms with Crippen LogP contribution in [0.5, 0.6) is 11.5 Å². The van der Waals surface area contributed by atoms with Crippen LogP contribution in [0.1, 0.15) is 59.3 Å². The second-order valence-corrected chi connectivity index (χ2v) is 8.78. The summed E-state index contributed by atoms with van der Waals surface area (Å²) in [5.74, 6) is 1.49. The lowest BCUT2D eigenvalue weighted by molar-refractivity contribution is 0.183. The zero-order chi connectivity index (χ0) is 19.8. The van der Waals surface area contributed by atoms with E-state index in [1.54, 1.807) is 0 Å². The van der Waals surface area contributed by atoms with Crippen molar-refractivity contribution >= 4 is 49.9 Å². The molecule has 0 N–H and O–H groups in total. The minimum Gasteiger partial charge on any atom is -0.490 e. The Morgan fingerprint density at radius 3 is 2.44 bits per heavy atom. The fourth-order valence-corrected chi connectivity index (χ4v) is 3.62. The van der Waals surface area contributed by atoms with Crippen molar-refractivity contribution in [2.75, 3.05) is 0 Å². The van der Waals surface area contributed by atoms with Gasteiger partial charge in [-0.15, -0.1) is 0 Å². The molecule has 0 aromatic heterocycles. The number of ether oxygens (including phenoxy) is 2. The van der Waals surface area contributed by atoms with Crippen molar-refractivity contribution in [2.24, 2.45) is 0 Å². The fourth-order valence-electron chi connectivity index (χ4n) is 2.96. The van der Waals surface area contributed by atoms with Crippen LogP contribution in [0.2, 0.25) is 5.02 Å². The third-order valence-electron chi connectivity index (χ3n) is 4.69. The van der Waals surface area contributed by atoms with Crippen LogP contribution in [-0.2, 0) is 0 Å². The molecule has 0 aliphatic carbocycles. The normalized spacial score (nSPS) is 14.7. The highest BCUT2D eigenvalue weighted by Crippen LogP contribution is 2.36. The van der Waals surface area contributed by atoms with Crippen LogP contribution < -0.4 is 9.47 Å². The molecule has 0 saturated heterocycles. The Kier molecular flexibility index (Phi) is 9.55. The predicted molar refractivity (Wildman–Crippen MR) is 121 cm³/mol. The average Bonchev–Trinajstić information content (AvgIpc) is 2.68. The maximum atomic E-state index is 6.56. The Bertz CT molecular complexity index is 723. The first kappa shape index (κ1) is 22.6. The van der Waals surface area contributed by atoms with E-state index in [9.17, 15) is 0 Å². The van der Waals surface area contributed by atoms with Crippen molar-refractivity contribution in [2.45, 2.75) is 75.8 Å². The Morgan fingerprint density at radius 2 is 1.78 bits per heavy atom. The molecule has 0 radical (unpaired) electrons. The average molecular weight is 476 g/mol. The van der Waals surface area contributed by atoms with Gasteiger partial charge in [0.15, 0.2) is 5.56 Å². The van der Waals surface area contributed by atoms with Crippen LogP contribution in [0.4, 0.5) is 0 Å². The number of hydrogen-bond acceptors (Lipinski definition) is 2. The highest BCUT2D eigenvalue weighted by molar-refractivity contribution is 9.09. The summed E-state index contributed by atoms with van der Waals surface area (Å²) in [4.78, 5) is 0.0698. The summed E-state index contributed by atoms with van der Waals surface area (Å²) in [7, 11) is 0. The standard InChI is InChI=1S/C22H29BrCl2O2/c1-4-7-8-9-16(5-2)26-17-11-12-18-15(14-17)10-13-20(21(18)24)27-22(25)19(23)6-3/h10-14,16,19,22H,4-9H2,1-3H3. The van der Waals surface area contributed by atoms with Crippen molar-refractivity contribution in [3.63, 3.8) is 0 Å². The molecule has 0 amide bonds. The first-order valence-electron chi connectivity index (χ1n) is 9.83. The minimum atomic E-state index is -0.471. The van der Waals surface area contributed by atoms with Crippen molar-refractivity contribution in [1.29, 1.82) is 0 Å². The lowest BCUT2D eigenvalue weighted by atomic mass is 10.1. The SMILES string of the molecule is CCCCCC(CC)Oc1ccc2c(Cl)c(OC(Cl)C(Br)CC)ccc2c1. The van der Waals surface area contributed by atoms with E-state index in [4.69, 9.17) is 32.7 Å². The van der Waals surface area contributed by atoms with E-state index in [0.717, 1.165) is 35.8 Å². The van der Waals surface area contributed by atoms with Gasteiger partial charge in [0.1, 0.15) is 11.5 Å². The molecule has 0 aliphatic rings. The van der Waals surface area contributed by atoms with Crippen LogP contribution in [0, 0.1) is 0 Å². The predicted octanol–water partition coefficient (Wildman–Crippen LogP) is 8.35. The van der Waals surface area contributed by atoms with Gasteiger partial charge in [-0.2, -0.15) is 0 Å². The van der Waals surface area contributed by atoms with E-state index in [0.29, 0.717) is 10.8 Å². The van der Waals surface area contributed by atoms with E-state index >= 15 is 0 Å². The van der Waals surface area contributed by atoms with Crippen molar-refractivity contribution < 1.29 is 9.47 Å². The zero-order valence-electron chi connectivity index (χ0n) is 16.3. The van der Waals surface area contributed by atoms with Crippen LogP contribution in [0.25, 0.3) is 10.8 Å². The number of alkyl halides is 2. The number of unbranched alkanes of at least 4 members (excludes halogenated alkanes) is 2. The van der Waals surface area contributed by atoms with Gasteiger partial charge in [0, 0.05) is 5.39 Å². The molecule has 0 heterocycles. The molecule has 5 heteroatoms. The van der Waals surface area contributed by atoms with Gasteiger partial charge < -0.3 is 9.47 Å². The fraction of sp³-hybridized carbons (Fsp3) is 0.545. The van der Waals surface area contributed by atoms with Gasteiger partial charge in [0.2, 0.25) is 0 Å².